The SMILES string of the molecule is CCCCCCCCC(=O)c1cccc2c1CC1(O2)OC(CCCCCCCC)(OC)c2cccc(O)c21. The van der Waals surface area contributed by atoms with E-state index in [4.69, 9.17) is 14.2 Å². The zero-order chi connectivity index (χ0) is 27.0. The molecule has 2 aliphatic rings. The van der Waals surface area contributed by atoms with Crippen LogP contribution in [0.15, 0.2) is 36.4 Å². The number of phenolic OH excluding ortho intramolecular Hbond substituents is 1. The van der Waals surface area contributed by atoms with Gasteiger partial charge in [0.25, 0.3) is 0 Å². The number of fused-ring (bicyclic) bond motifs is 3. The van der Waals surface area contributed by atoms with E-state index in [1.165, 1.54) is 51.4 Å². The first-order valence-corrected chi connectivity index (χ1v) is 14.9. The standard InChI is InChI=1S/C33H46O5/c1-4-6-8-10-12-14-20-28(34)25-18-16-22-30-26(25)24-33(37-30)31-27(19-17-21-29(31)35)32(36-3,38-33)23-15-13-11-9-7-5-2/h16-19,21-22,35H,4-15,20,23-24H2,1-3H3. The second-order valence-electron chi connectivity index (χ2n) is 11.0. The molecular weight excluding hydrogens is 476 g/mol. The Kier molecular flexibility index (Phi) is 9.89. The van der Waals surface area contributed by atoms with Gasteiger partial charge < -0.3 is 14.6 Å². The van der Waals surface area contributed by atoms with Crippen molar-refractivity contribution in [3.05, 3.63) is 58.7 Å². The van der Waals surface area contributed by atoms with Crippen LogP contribution in [0.3, 0.4) is 0 Å². The van der Waals surface area contributed by atoms with Gasteiger partial charge in [0.1, 0.15) is 11.5 Å². The number of carbonyl (C=O) groups excluding carboxylic acids is 1. The number of methoxy groups -OCH3 is 1. The Hall–Kier alpha value is -2.37. The molecule has 2 unspecified atom stereocenters. The van der Waals surface area contributed by atoms with Crippen LogP contribution < -0.4 is 4.74 Å². The van der Waals surface area contributed by atoms with Crippen LogP contribution in [0.1, 0.15) is 131 Å². The molecule has 0 aromatic heterocycles. The summed E-state index contributed by atoms with van der Waals surface area (Å²) in [5, 5.41) is 11.0. The van der Waals surface area contributed by atoms with Crippen molar-refractivity contribution < 1.29 is 24.1 Å². The molecule has 2 aromatic rings. The molecule has 0 saturated carbocycles. The number of Topliss-reactive ketones (excluding diaryl/α,β-unsaturated/α-hetero) is 1. The number of benzene rings is 2. The number of rotatable bonds is 16. The van der Waals surface area contributed by atoms with Gasteiger partial charge in [-0.05, 0) is 25.0 Å². The van der Waals surface area contributed by atoms with Gasteiger partial charge in [-0.2, -0.15) is 0 Å². The summed E-state index contributed by atoms with van der Waals surface area (Å²) in [5.41, 5.74) is 3.02. The van der Waals surface area contributed by atoms with E-state index in [-0.39, 0.29) is 11.5 Å². The van der Waals surface area contributed by atoms with Gasteiger partial charge >= 0.3 is 0 Å². The van der Waals surface area contributed by atoms with Crippen molar-refractivity contribution >= 4 is 5.78 Å². The summed E-state index contributed by atoms with van der Waals surface area (Å²) in [6.45, 7) is 4.44. The third kappa shape index (κ3) is 5.94. The molecular formula is C33H46O5. The average Bonchev–Trinajstić information content (AvgIpc) is 3.43. The summed E-state index contributed by atoms with van der Waals surface area (Å²) in [5.74, 6) is -1.27. The van der Waals surface area contributed by atoms with Crippen LogP contribution in [0.25, 0.3) is 0 Å². The summed E-state index contributed by atoms with van der Waals surface area (Å²) < 4.78 is 19.4. The van der Waals surface area contributed by atoms with Gasteiger partial charge in [-0.25, -0.2) is 0 Å². The zero-order valence-corrected chi connectivity index (χ0v) is 23.7. The quantitative estimate of drug-likeness (QED) is 0.176. The Morgan fingerprint density at radius 1 is 0.895 bits per heavy atom. The Morgan fingerprint density at radius 2 is 1.55 bits per heavy atom. The van der Waals surface area contributed by atoms with E-state index >= 15 is 0 Å². The Balaban J connectivity index is 1.52. The lowest BCUT2D eigenvalue weighted by molar-refractivity contribution is -0.323. The predicted octanol–water partition coefficient (Wildman–Crippen LogP) is 8.69. The fourth-order valence-electron chi connectivity index (χ4n) is 6.16. The lowest BCUT2D eigenvalue weighted by Gasteiger charge is -2.32. The molecule has 208 valence electrons. The third-order valence-electron chi connectivity index (χ3n) is 8.23. The molecule has 0 saturated heterocycles. The van der Waals surface area contributed by atoms with Crippen molar-refractivity contribution in [3.63, 3.8) is 0 Å². The van der Waals surface area contributed by atoms with E-state index in [9.17, 15) is 9.90 Å². The second-order valence-corrected chi connectivity index (χ2v) is 11.0. The highest BCUT2D eigenvalue weighted by Gasteiger charge is 2.59. The number of carbonyl (C=O) groups is 1. The molecule has 1 spiro atoms. The molecule has 5 heteroatoms. The Bertz CT molecular complexity index is 1080. The van der Waals surface area contributed by atoms with Crippen LogP contribution in [0.5, 0.6) is 11.5 Å². The smallest absolute Gasteiger partial charge is 0.248 e. The predicted molar refractivity (Wildman–Crippen MR) is 151 cm³/mol. The number of unbranched alkanes of at least 4 members (excludes halogenated alkanes) is 10. The highest BCUT2D eigenvalue weighted by atomic mass is 16.8. The van der Waals surface area contributed by atoms with Crippen LogP contribution in [-0.4, -0.2) is 18.0 Å². The molecule has 2 atom stereocenters. The second kappa shape index (κ2) is 13.1. The molecule has 0 bridgehead atoms. The van der Waals surface area contributed by atoms with Crippen LogP contribution in [0.4, 0.5) is 0 Å². The maximum absolute atomic E-state index is 13.3. The first kappa shape index (κ1) is 28.6. The van der Waals surface area contributed by atoms with Crippen LogP contribution in [-0.2, 0) is 27.5 Å². The fraction of sp³-hybridized carbons (Fsp3) is 0.606. The van der Waals surface area contributed by atoms with Crippen molar-refractivity contribution in [2.45, 2.75) is 122 Å². The van der Waals surface area contributed by atoms with Gasteiger partial charge in [0.05, 0.1) is 5.56 Å². The number of ketones is 1. The number of ether oxygens (including phenoxy) is 3. The van der Waals surface area contributed by atoms with Crippen molar-refractivity contribution in [2.75, 3.05) is 7.11 Å². The molecule has 38 heavy (non-hydrogen) atoms. The van der Waals surface area contributed by atoms with Crippen LogP contribution in [0, 0.1) is 0 Å². The van der Waals surface area contributed by atoms with E-state index in [1.54, 1.807) is 13.2 Å². The number of hydrogen-bond donors (Lipinski definition) is 1. The highest BCUT2D eigenvalue weighted by molar-refractivity contribution is 5.98. The van der Waals surface area contributed by atoms with E-state index in [2.05, 4.69) is 13.8 Å². The molecule has 1 N–H and O–H groups in total. The lowest BCUT2D eigenvalue weighted by Crippen LogP contribution is -2.37. The number of aromatic hydroxyl groups is 1. The lowest BCUT2D eigenvalue weighted by atomic mass is 9.90. The molecule has 2 aliphatic heterocycles. The zero-order valence-electron chi connectivity index (χ0n) is 23.7. The average molecular weight is 523 g/mol. The van der Waals surface area contributed by atoms with Crippen molar-refractivity contribution in [1.29, 1.82) is 0 Å². The summed E-state index contributed by atoms with van der Waals surface area (Å²) >= 11 is 0. The third-order valence-corrected chi connectivity index (χ3v) is 8.23. The first-order chi connectivity index (χ1) is 18.5. The maximum atomic E-state index is 13.3. The van der Waals surface area contributed by atoms with E-state index in [1.807, 2.05) is 30.3 Å². The minimum Gasteiger partial charge on any atom is -0.507 e. The topological polar surface area (TPSA) is 65.0 Å². The monoisotopic (exact) mass is 522 g/mol. The summed E-state index contributed by atoms with van der Waals surface area (Å²) in [6, 6.07) is 11.2. The van der Waals surface area contributed by atoms with Crippen molar-refractivity contribution in [3.8, 4) is 11.5 Å². The maximum Gasteiger partial charge on any atom is 0.248 e. The Morgan fingerprint density at radius 3 is 2.26 bits per heavy atom. The molecule has 2 heterocycles. The summed E-state index contributed by atoms with van der Waals surface area (Å²) in [6.07, 6.45) is 15.5. The minimum absolute atomic E-state index is 0.136. The minimum atomic E-state index is -1.21. The van der Waals surface area contributed by atoms with Crippen molar-refractivity contribution in [1.82, 2.24) is 0 Å². The van der Waals surface area contributed by atoms with Crippen LogP contribution >= 0.6 is 0 Å². The highest BCUT2D eigenvalue weighted by Crippen LogP contribution is 2.58. The first-order valence-electron chi connectivity index (χ1n) is 14.9. The molecule has 5 nitrogen and oxygen atoms in total. The molecule has 0 fully saturated rings. The van der Waals surface area contributed by atoms with E-state index in [0.29, 0.717) is 36.1 Å². The van der Waals surface area contributed by atoms with Crippen LogP contribution in [0.2, 0.25) is 0 Å². The van der Waals surface area contributed by atoms with Gasteiger partial charge in [0.2, 0.25) is 5.79 Å². The van der Waals surface area contributed by atoms with Gasteiger partial charge in [0, 0.05) is 43.1 Å². The molecule has 0 aliphatic carbocycles. The van der Waals surface area contributed by atoms with Gasteiger partial charge in [0.15, 0.2) is 11.6 Å². The molecule has 0 amide bonds. The molecule has 2 aromatic carbocycles. The van der Waals surface area contributed by atoms with E-state index < -0.39 is 11.6 Å². The largest absolute Gasteiger partial charge is 0.507 e. The van der Waals surface area contributed by atoms with E-state index in [0.717, 1.165) is 36.8 Å². The fourth-order valence-corrected chi connectivity index (χ4v) is 6.16. The Labute approximate surface area is 228 Å². The van der Waals surface area contributed by atoms with Gasteiger partial charge in [-0.3, -0.25) is 9.53 Å². The van der Waals surface area contributed by atoms with Gasteiger partial charge in [-0.15, -0.1) is 0 Å². The normalized spacial score (nSPS) is 21.4. The number of hydrogen-bond acceptors (Lipinski definition) is 5. The number of phenols is 1. The summed E-state index contributed by atoms with van der Waals surface area (Å²) in [7, 11) is 1.67. The summed E-state index contributed by atoms with van der Waals surface area (Å²) in [4.78, 5) is 13.3. The molecule has 4 rings (SSSR count). The molecule has 0 radical (unpaired) electrons. The van der Waals surface area contributed by atoms with Crippen molar-refractivity contribution in [2.24, 2.45) is 0 Å². The van der Waals surface area contributed by atoms with Gasteiger partial charge in [-0.1, -0.05) is 102 Å².